The van der Waals surface area contributed by atoms with E-state index in [0.29, 0.717) is 59.5 Å². The summed E-state index contributed by atoms with van der Waals surface area (Å²) in [4.78, 5) is 34.0. The molecular weight excluding hydrogens is 448 g/mol. The van der Waals surface area contributed by atoms with Crippen molar-refractivity contribution < 1.29 is 13.6 Å². The van der Waals surface area contributed by atoms with Gasteiger partial charge in [0.25, 0.3) is 11.5 Å². The molecule has 0 N–H and O–H groups in total. The molecule has 0 radical (unpaired) electrons. The van der Waals surface area contributed by atoms with Gasteiger partial charge in [-0.3, -0.25) is 14.5 Å². The fraction of sp³-hybridized carbons (Fsp3) is 0.217. The van der Waals surface area contributed by atoms with Gasteiger partial charge >= 0.3 is 0 Å². The van der Waals surface area contributed by atoms with Crippen LogP contribution in [0.2, 0.25) is 0 Å². The summed E-state index contributed by atoms with van der Waals surface area (Å²) in [6, 6.07) is 13.3. The zero-order valence-electron chi connectivity index (χ0n) is 17.4. The van der Waals surface area contributed by atoms with E-state index in [2.05, 4.69) is 15.0 Å². The Morgan fingerprint density at radius 2 is 1.73 bits per heavy atom. The van der Waals surface area contributed by atoms with Gasteiger partial charge < -0.3 is 4.90 Å². The number of carbonyl (C=O) groups excluding carboxylic acids is 1. The number of piperazine rings is 1. The average Bonchev–Trinajstić information content (AvgIpc) is 3.24. The Kier molecular flexibility index (Phi) is 5.69. The maximum atomic E-state index is 14.1. The first-order chi connectivity index (χ1) is 16.0. The number of nitrogens with zero attached hydrogens (tertiary/aromatic N) is 5. The molecule has 0 bridgehead atoms. The van der Waals surface area contributed by atoms with E-state index in [9.17, 15) is 18.4 Å². The van der Waals surface area contributed by atoms with Crippen LogP contribution < -0.4 is 5.56 Å². The van der Waals surface area contributed by atoms with Gasteiger partial charge in [0.1, 0.15) is 11.6 Å². The van der Waals surface area contributed by atoms with E-state index in [0.717, 1.165) is 11.3 Å². The van der Waals surface area contributed by atoms with Crippen LogP contribution in [-0.2, 0) is 6.54 Å². The molecule has 2 aromatic carbocycles. The predicted molar refractivity (Wildman–Crippen MR) is 120 cm³/mol. The summed E-state index contributed by atoms with van der Waals surface area (Å²) in [6.45, 7) is 2.75. The molecular formula is C23H19F2N5O2S. The van der Waals surface area contributed by atoms with Crippen LogP contribution in [0.1, 0.15) is 16.1 Å². The first kappa shape index (κ1) is 21.4. The lowest BCUT2D eigenvalue weighted by Crippen LogP contribution is -2.48. The third kappa shape index (κ3) is 4.39. The number of rotatable bonds is 4. The minimum absolute atomic E-state index is 0.127. The van der Waals surface area contributed by atoms with Crippen molar-refractivity contribution in [2.24, 2.45) is 0 Å². The lowest BCUT2D eigenvalue weighted by molar-refractivity contribution is 0.0627. The number of fused-ring (bicyclic) bond motifs is 1. The molecule has 3 heterocycles. The average molecular weight is 468 g/mol. The fourth-order valence-corrected chi connectivity index (χ4v) is 4.75. The van der Waals surface area contributed by atoms with Gasteiger partial charge in [0, 0.05) is 49.9 Å². The Balaban J connectivity index is 1.28. The van der Waals surface area contributed by atoms with Crippen molar-refractivity contribution in [3.05, 3.63) is 87.8 Å². The highest BCUT2D eigenvalue weighted by molar-refractivity contribution is 7.19. The number of hydrogen-bond donors (Lipinski definition) is 0. The van der Waals surface area contributed by atoms with Gasteiger partial charge in [-0.15, -0.1) is 0 Å². The third-order valence-electron chi connectivity index (χ3n) is 5.54. The van der Waals surface area contributed by atoms with Gasteiger partial charge in [-0.05, 0) is 36.4 Å². The van der Waals surface area contributed by atoms with Gasteiger partial charge in [-0.25, -0.2) is 13.8 Å². The Morgan fingerprint density at radius 3 is 2.45 bits per heavy atom. The first-order valence-corrected chi connectivity index (χ1v) is 11.2. The molecule has 0 atom stereocenters. The van der Waals surface area contributed by atoms with Gasteiger partial charge in [0.05, 0.1) is 5.69 Å². The summed E-state index contributed by atoms with van der Waals surface area (Å²) in [5.41, 5.74) is 1.07. The van der Waals surface area contributed by atoms with E-state index in [1.807, 2.05) is 0 Å². The van der Waals surface area contributed by atoms with Crippen molar-refractivity contribution >= 4 is 22.2 Å². The molecule has 1 amide bonds. The minimum Gasteiger partial charge on any atom is -0.336 e. The second-order valence-electron chi connectivity index (χ2n) is 7.74. The second-order valence-corrected chi connectivity index (χ2v) is 8.70. The highest BCUT2D eigenvalue weighted by Gasteiger charge is 2.23. The van der Waals surface area contributed by atoms with Gasteiger partial charge in [-0.2, -0.15) is 9.61 Å². The molecule has 10 heteroatoms. The maximum Gasteiger partial charge on any atom is 0.275 e. The van der Waals surface area contributed by atoms with E-state index >= 15 is 0 Å². The monoisotopic (exact) mass is 467 g/mol. The van der Waals surface area contributed by atoms with E-state index < -0.39 is 5.82 Å². The van der Waals surface area contributed by atoms with Crippen LogP contribution >= 0.6 is 11.3 Å². The molecule has 0 unspecified atom stereocenters. The van der Waals surface area contributed by atoms with Crippen LogP contribution in [0, 0.1) is 11.6 Å². The van der Waals surface area contributed by atoms with Crippen molar-refractivity contribution in [2.75, 3.05) is 26.2 Å². The molecule has 168 valence electrons. The van der Waals surface area contributed by atoms with Crippen LogP contribution in [-0.4, -0.2) is 56.5 Å². The van der Waals surface area contributed by atoms with Crippen molar-refractivity contribution in [1.82, 2.24) is 24.4 Å². The summed E-state index contributed by atoms with van der Waals surface area (Å²) in [5, 5.41) is 4.63. The van der Waals surface area contributed by atoms with E-state index in [-0.39, 0.29) is 17.3 Å². The van der Waals surface area contributed by atoms with Gasteiger partial charge in [-0.1, -0.05) is 23.5 Å². The minimum atomic E-state index is -0.405. The zero-order valence-corrected chi connectivity index (χ0v) is 18.3. The van der Waals surface area contributed by atoms with Gasteiger partial charge in [0.2, 0.25) is 4.96 Å². The van der Waals surface area contributed by atoms with Crippen LogP contribution in [0.15, 0.2) is 59.4 Å². The zero-order chi connectivity index (χ0) is 22.9. The molecule has 0 aliphatic carbocycles. The van der Waals surface area contributed by atoms with E-state index in [1.54, 1.807) is 23.1 Å². The van der Waals surface area contributed by atoms with Crippen LogP contribution in [0.3, 0.4) is 0 Å². The Morgan fingerprint density at radius 1 is 1.00 bits per heavy atom. The third-order valence-corrected chi connectivity index (χ3v) is 6.48. The Hall–Kier alpha value is -3.50. The lowest BCUT2D eigenvalue weighted by Gasteiger charge is -2.34. The Labute approximate surface area is 191 Å². The van der Waals surface area contributed by atoms with Crippen LogP contribution in [0.4, 0.5) is 8.78 Å². The molecule has 2 aromatic heterocycles. The number of benzene rings is 2. The highest BCUT2D eigenvalue weighted by atomic mass is 32.1. The first-order valence-electron chi connectivity index (χ1n) is 10.4. The molecule has 4 aromatic rings. The summed E-state index contributed by atoms with van der Waals surface area (Å²) in [5.74, 6) is -0.908. The van der Waals surface area contributed by atoms with Crippen molar-refractivity contribution in [1.29, 1.82) is 0 Å². The largest absolute Gasteiger partial charge is 0.336 e. The smallest absolute Gasteiger partial charge is 0.275 e. The Bertz CT molecular complexity index is 1380. The topological polar surface area (TPSA) is 70.8 Å². The number of carbonyl (C=O) groups is 1. The normalized spacial score (nSPS) is 14.7. The summed E-state index contributed by atoms with van der Waals surface area (Å²) < 4.78 is 28.4. The van der Waals surface area contributed by atoms with Crippen molar-refractivity contribution in [3.63, 3.8) is 0 Å². The van der Waals surface area contributed by atoms with Crippen LogP contribution in [0.25, 0.3) is 15.5 Å². The van der Waals surface area contributed by atoms with E-state index in [1.165, 1.54) is 40.9 Å². The SMILES string of the molecule is O=C(c1ccc(F)cc1)N1CCN(Cc2cc(=O)n3nc(-c4ccccc4F)sc3n2)CC1. The van der Waals surface area contributed by atoms with Gasteiger partial charge in [0.15, 0.2) is 5.01 Å². The maximum absolute atomic E-state index is 14.1. The van der Waals surface area contributed by atoms with Crippen molar-refractivity contribution in [3.8, 4) is 10.6 Å². The lowest BCUT2D eigenvalue weighted by atomic mass is 10.1. The molecule has 33 heavy (non-hydrogen) atoms. The van der Waals surface area contributed by atoms with Crippen LogP contribution in [0.5, 0.6) is 0 Å². The summed E-state index contributed by atoms with van der Waals surface area (Å²) in [7, 11) is 0. The van der Waals surface area contributed by atoms with E-state index in [4.69, 9.17) is 0 Å². The summed E-state index contributed by atoms with van der Waals surface area (Å²) in [6.07, 6.45) is 0. The molecule has 5 rings (SSSR count). The molecule has 0 saturated carbocycles. The second kappa shape index (κ2) is 8.80. The molecule has 1 saturated heterocycles. The number of amides is 1. The molecule has 1 aliphatic rings. The quantitative estimate of drug-likeness (QED) is 0.462. The number of hydrogen-bond acceptors (Lipinski definition) is 6. The number of halogens is 2. The number of aromatic nitrogens is 3. The fourth-order valence-electron chi connectivity index (χ4n) is 3.79. The standard InChI is InChI=1S/C23H19F2N5O2S/c24-16-7-5-15(6-8-16)22(32)29-11-9-28(10-12-29)14-17-13-20(31)30-23(26-17)33-21(27-30)18-3-1-2-4-19(18)25/h1-8,13H,9-12,14H2. The molecule has 7 nitrogen and oxygen atoms in total. The molecule has 1 aliphatic heterocycles. The highest BCUT2D eigenvalue weighted by Crippen LogP contribution is 2.26. The summed E-state index contributed by atoms with van der Waals surface area (Å²) >= 11 is 1.16. The molecule has 0 spiro atoms. The predicted octanol–water partition coefficient (Wildman–Crippen LogP) is 3.05. The molecule has 1 fully saturated rings. The van der Waals surface area contributed by atoms with Crippen molar-refractivity contribution in [2.45, 2.75) is 6.54 Å².